The number of hydrogen-bond acceptors (Lipinski definition) is 2. The molecule has 0 bridgehead atoms. The number of rotatable bonds is 9. The molecule has 0 radical (unpaired) electrons. The Morgan fingerprint density at radius 3 is 2.00 bits per heavy atom. The van der Waals surface area contributed by atoms with Gasteiger partial charge in [0.15, 0.2) is 0 Å². The van der Waals surface area contributed by atoms with E-state index in [1.807, 2.05) is 79.7 Å². The topological polar surface area (TPSA) is 37.4 Å². The Morgan fingerprint density at radius 1 is 0.833 bits per heavy atom. The molecule has 0 heterocycles. The van der Waals surface area contributed by atoms with Crippen LogP contribution in [0, 0.1) is 6.92 Å². The van der Waals surface area contributed by atoms with Gasteiger partial charge in [-0.15, -0.1) is 0 Å². The van der Waals surface area contributed by atoms with E-state index in [-0.39, 0.29) is 32.9 Å². The van der Waals surface area contributed by atoms with E-state index in [0.717, 1.165) is 21.2 Å². The van der Waals surface area contributed by atoms with Crippen LogP contribution in [0.15, 0.2) is 107 Å². The second kappa shape index (κ2) is 10.1. The van der Waals surface area contributed by atoms with E-state index in [0.29, 0.717) is 0 Å². The maximum atomic E-state index is 13.4. The fraction of sp³-hybridized carbons (Fsp3) is 0.120. The summed E-state index contributed by atoms with van der Waals surface area (Å²) < 4.78 is 30.4. The average molecular weight is 483 g/mol. The standard InChI is InChI=1S/C25H25NO2SSe/c1-20-14-16-24(17-15-20)29(27,28)26(18-21(2)23-10-6-4-7-11-23)19-22(3)30-25-12-8-5-9-13-25/h4-17H,2-3,18-19H2,1H3. The molecule has 0 fully saturated rings. The van der Waals surface area contributed by atoms with Crippen LogP contribution in [-0.4, -0.2) is 40.8 Å². The molecule has 0 atom stereocenters. The molecular weight excluding hydrogens is 457 g/mol. The van der Waals surface area contributed by atoms with Crippen molar-refractivity contribution in [2.24, 2.45) is 0 Å². The summed E-state index contributed by atoms with van der Waals surface area (Å²) in [5.74, 6) is 0. The Morgan fingerprint density at radius 2 is 1.40 bits per heavy atom. The number of aryl methyl sites for hydroxylation is 1. The minimum atomic E-state index is -3.69. The predicted molar refractivity (Wildman–Crippen MR) is 126 cm³/mol. The van der Waals surface area contributed by atoms with Gasteiger partial charge in [-0.25, -0.2) is 0 Å². The van der Waals surface area contributed by atoms with Gasteiger partial charge in [0.05, 0.1) is 0 Å². The molecule has 0 amide bonds. The summed E-state index contributed by atoms with van der Waals surface area (Å²) in [4.78, 5) is 0.286. The van der Waals surface area contributed by atoms with Crippen molar-refractivity contribution in [1.82, 2.24) is 4.31 Å². The number of nitrogens with zero attached hydrogens (tertiary/aromatic N) is 1. The van der Waals surface area contributed by atoms with Gasteiger partial charge < -0.3 is 0 Å². The molecule has 154 valence electrons. The molecule has 5 heteroatoms. The number of hydrogen-bond donors (Lipinski definition) is 0. The van der Waals surface area contributed by atoms with E-state index in [1.165, 1.54) is 8.77 Å². The first kappa shape index (κ1) is 22.3. The molecule has 0 aliphatic rings. The molecule has 3 nitrogen and oxygen atoms in total. The van der Waals surface area contributed by atoms with Gasteiger partial charge in [-0.2, -0.15) is 0 Å². The third kappa shape index (κ3) is 5.80. The molecule has 3 rings (SSSR count). The molecule has 0 saturated heterocycles. The fourth-order valence-corrected chi connectivity index (χ4v) is 6.34. The Kier molecular flexibility index (Phi) is 7.46. The van der Waals surface area contributed by atoms with Crippen LogP contribution < -0.4 is 4.46 Å². The maximum absolute atomic E-state index is 13.4. The molecule has 0 aliphatic carbocycles. The quantitative estimate of drug-likeness (QED) is 0.428. The van der Waals surface area contributed by atoms with Crippen molar-refractivity contribution in [3.05, 3.63) is 114 Å². The van der Waals surface area contributed by atoms with Crippen LogP contribution in [0.3, 0.4) is 0 Å². The van der Waals surface area contributed by atoms with Gasteiger partial charge >= 0.3 is 186 Å². The second-order valence-corrected chi connectivity index (χ2v) is 11.6. The van der Waals surface area contributed by atoms with E-state index in [2.05, 4.69) is 13.2 Å². The van der Waals surface area contributed by atoms with Gasteiger partial charge in [0.25, 0.3) is 0 Å². The number of benzene rings is 3. The van der Waals surface area contributed by atoms with Gasteiger partial charge in [-0.3, -0.25) is 0 Å². The van der Waals surface area contributed by atoms with E-state index >= 15 is 0 Å². The zero-order valence-corrected chi connectivity index (χ0v) is 19.5. The number of sulfonamides is 1. The molecule has 30 heavy (non-hydrogen) atoms. The molecule has 3 aromatic rings. The molecule has 0 aromatic heterocycles. The SMILES string of the molecule is C=C(CN(CC(=C)c1ccccc1)S(=O)(=O)c1ccc(C)cc1)[Se]c1ccccc1. The van der Waals surface area contributed by atoms with Crippen LogP contribution in [0.4, 0.5) is 0 Å². The summed E-state index contributed by atoms with van der Waals surface area (Å²) in [5, 5.41) is 0. The van der Waals surface area contributed by atoms with E-state index in [1.54, 1.807) is 12.1 Å². The first-order valence-electron chi connectivity index (χ1n) is 9.57. The summed E-state index contributed by atoms with van der Waals surface area (Å²) in [6.45, 7) is 10.7. The molecule has 0 spiro atoms. The second-order valence-electron chi connectivity index (χ2n) is 7.01. The van der Waals surface area contributed by atoms with Crippen molar-refractivity contribution in [3.8, 4) is 0 Å². The Labute approximate surface area is 186 Å². The molecule has 0 aliphatic heterocycles. The Hall–Kier alpha value is -2.43. The van der Waals surface area contributed by atoms with Crippen LogP contribution in [0.2, 0.25) is 0 Å². The van der Waals surface area contributed by atoms with Crippen molar-refractivity contribution >= 4 is 35.0 Å². The predicted octanol–water partition coefficient (Wildman–Crippen LogP) is 4.24. The first-order chi connectivity index (χ1) is 14.4. The van der Waals surface area contributed by atoms with Gasteiger partial charge in [0.2, 0.25) is 0 Å². The summed E-state index contributed by atoms with van der Waals surface area (Å²) in [6.07, 6.45) is 0. The first-order valence-corrected chi connectivity index (χ1v) is 12.7. The van der Waals surface area contributed by atoms with E-state index in [9.17, 15) is 8.42 Å². The van der Waals surface area contributed by atoms with Gasteiger partial charge in [-0.05, 0) is 0 Å². The molecular formula is C25H25NO2SSe. The minimum absolute atomic E-state index is 0.0175. The van der Waals surface area contributed by atoms with Crippen molar-refractivity contribution in [2.75, 3.05) is 13.1 Å². The van der Waals surface area contributed by atoms with Gasteiger partial charge in [-0.1, -0.05) is 0 Å². The van der Waals surface area contributed by atoms with Gasteiger partial charge in [0, 0.05) is 0 Å². The van der Waals surface area contributed by atoms with Crippen molar-refractivity contribution in [1.29, 1.82) is 0 Å². The van der Waals surface area contributed by atoms with Crippen LogP contribution >= 0.6 is 0 Å². The third-order valence-electron chi connectivity index (χ3n) is 4.57. The average Bonchev–Trinajstić information content (AvgIpc) is 2.75. The Balaban J connectivity index is 1.86. The normalized spacial score (nSPS) is 11.4. The van der Waals surface area contributed by atoms with Crippen LogP contribution in [-0.2, 0) is 10.0 Å². The monoisotopic (exact) mass is 483 g/mol. The summed E-state index contributed by atoms with van der Waals surface area (Å²) in [6, 6.07) is 26.7. The van der Waals surface area contributed by atoms with Crippen molar-refractivity contribution < 1.29 is 8.42 Å². The fourth-order valence-electron chi connectivity index (χ4n) is 2.95. The summed E-state index contributed by atoms with van der Waals surface area (Å²) in [5.41, 5.74) is 2.71. The van der Waals surface area contributed by atoms with Gasteiger partial charge in [0.1, 0.15) is 0 Å². The van der Waals surface area contributed by atoms with E-state index in [4.69, 9.17) is 0 Å². The Bertz CT molecular complexity index is 1110. The van der Waals surface area contributed by atoms with Crippen LogP contribution in [0.5, 0.6) is 0 Å². The summed E-state index contributed by atoms with van der Waals surface area (Å²) >= 11 is -0.0175. The summed E-state index contributed by atoms with van der Waals surface area (Å²) in [7, 11) is -3.69. The van der Waals surface area contributed by atoms with E-state index < -0.39 is 10.0 Å². The zero-order chi connectivity index (χ0) is 21.6. The molecule has 0 unspecified atom stereocenters. The molecule has 0 N–H and O–H groups in total. The van der Waals surface area contributed by atoms with Crippen LogP contribution in [0.1, 0.15) is 11.1 Å². The van der Waals surface area contributed by atoms with Crippen LogP contribution in [0.25, 0.3) is 5.57 Å². The zero-order valence-electron chi connectivity index (χ0n) is 17.0. The molecule has 0 saturated carbocycles. The van der Waals surface area contributed by atoms with Crippen molar-refractivity contribution in [3.63, 3.8) is 0 Å². The third-order valence-corrected chi connectivity index (χ3v) is 8.31. The van der Waals surface area contributed by atoms with Crippen molar-refractivity contribution in [2.45, 2.75) is 11.8 Å². The molecule has 3 aromatic carbocycles.